The first-order valence-corrected chi connectivity index (χ1v) is 6.72. The summed E-state index contributed by atoms with van der Waals surface area (Å²) in [4.78, 5) is 4.55. The first-order chi connectivity index (χ1) is 9.81. The van der Waals surface area contributed by atoms with Gasteiger partial charge < -0.3 is 14.2 Å². The molecule has 20 heavy (non-hydrogen) atoms. The Morgan fingerprint density at radius 1 is 1.25 bits per heavy atom. The van der Waals surface area contributed by atoms with Crippen LogP contribution in [0.25, 0.3) is 11.4 Å². The number of aryl methyl sites for hydroxylation is 1. The molecule has 0 amide bonds. The van der Waals surface area contributed by atoms with E-state index >= 15 is 0 Å². The van der Waals surface area contributed by atoms with Gasteiger partial charge in [-0.15, -0.1) is 0 Å². The number of benzene rings is 1. The molecule has 1 aromatic carbocycles. The van der Waals surface area contributed by atoms with Gasteiger partial charge in [0.05, 0.1) is 12.6 Å². The van der Waals surface area contributed by atoms with Gasteiger partial charge in [0.15, 0.2) is 17.3 Å². The van der Waals surface area contributed by atoms with E-state index in [-0.39, 0.29) is 12.8 Å². The molecule has 0 bridgehead atoms. The second-order valence-electron chi connectivity index (χ2n) is 5.01. The number of ether oxygens (including phenoxy) is 3. The van der Waals surface area contributed by atoms with Crippen LogP contribution in [0.5, 0.6) is 11.5 Å². The van der Waals surface area contributed by atoms with Crippen molar-refractivity contribution >= 4 is 0 Å². The zero-order valence-corrected chi connectivity index (χ0v) is 11.2. The maximum atomic E-state index is 5.45. The molecule has 2 aliphatic heterocycles. The van der Waals surface area contributed by atoms with Gasteiger partial charge in [-0.2, -0.15) is 5.10 Å². The minimum Gasteiger partial charge on any atom is -0.454 e. The molecule has 3 heterocycles. The van der Waals surface area contributed by atoms with E-state index in [2.05, 4.69) is 10.1 Å². The van der Waals surface area contributed by atoms with Crippen LogP contribution in [-0.2, 0) is 4.74 Å². The van der Waals surface area contributed by atoms with Gasteiger partial charge in [0.2, 0.25) is 6.79 Å². The average molecular weight is 273 g/mol. The Hall–Kier alpha value is -2.08. The van der Waals surface area contributed by atoms with Crippen molar-refractivity contribution in [3.8, 4) is 22.9 Å². The highest BCUT2D eigenvalue weighted by Gasteiger charge is 2.24. The van der Waals surface area contributed by atoms with Crippen LogP contribution >= 0.6 is 0 Å². The molecule has 0 radical (unpaired) electrons. The Morgan fingerprint density at radius 3 is 3.00 bits per heavy atom. The Balaban J connectivity index is 1.77. The Morgan fingerprint density at radius 2 is 2.15 bits per heavy atom. The van der Waals surface area contributed by atoms with Crippen LogP contribution in [0.4, 0.5) is 0 Å². The number of hydrogen-bond donors (Lipinski definition) is 0. The lowest BCUT2D eigenvalue weighted by Crippen LogP contribution is -2.12. The van der Waals surface area contributed by atoms with Gasteiger partial charge in [-0.25, -0.2) is 9.67 Å². The van der Waals surface area contributed by atoms with Gasteiger partial charge in [-0.05, 0) is 31.5 Å². The van der Waals surface area contributed by atoms with Crippen molar-refractivity contribution in [1.29, 1.82) is 0 Å². The van der Waals surface area contributed by atoms with E-state index in [1.807, 2.05) is 29.8 Å². The van der Waals surface area contributed by atoms with Crippen molar-refractivity contribution < 1.29 is 14.2 Å². The fourth-order valence-corrected chi connectivity index (χ4v) is 2.63. The Labute approximate surface area is 116 Å². The molecule has 2 aliphatic rings. The summed E-state index contributed by atoms with van der Waals surface area (Å²) in [5.41, 5.74) is 0.988. The molecule has 2 aromatic rings. The van der Waals surface area contributed by atoms with Crippen molar-refractivity contribution in [2.75, 3.05) is 20.0 Å². The van der Waals surface area contributed by atoms with Gasteiger partial charge in [-0.1, -0.05) is 0 Å². The van der Waals surface area contributed by atoms with Gasteiger partial charge >= 0.3 is 0 Å². The smallest absolute Gasteiger partial charge is 0.231 e. The highest BCUT2D eigenvalue weighted by molar-refractivity contribution is 5.62. The summed E-state index contributed by atoms with van der Waals surface area (Å²) < 4.78 is 18.2. The summed E-state index contributed by atoms with van der Waals surface area (Å²) in [6.07, 6.45) is 0.973. The number of hydrogen-bond acceptors (Lipinski definition) is 5. The molecule has 4 rings (SSSR count). The summed E-state index contributed by atoms with van der Waals surface area (Å²) in [7, 11) is 0. The topological polar surface area (TPSA) is 58.4 Å². The van der Waals surface area contributed by atoms with E-state index < -0.39 is 0 Å². The lowest BCUT2D eigenvalue weighted by atomic mass is 10.1. The summed E-state index contributed by atoms with van der Waals surface area (Å²) in [5, 5.41) is 4.52. The quantitative estimate of drug-likeness (QED) is 0.837. The van der Waals surface area contributed by atoms with E-state index in [4.69, 9.17) is 14.2 Å². The van der Waals surface area contributed by atoms with Crippen LogP contribution in [0.3, 0.4) is 0 Å². The predicted octanol–water partition coefficient (Wildman–Crippen LogP) is 1.94. The molecule has 6 nitrogen and oxygen atoms in total. The number of nitrogens with zero attached hydrogens (tertiary/aromatic N) is 3. The molecule has 1 unspecified atom stereocenters. The third-order valence-corrected chi connectivity index (χ3v) is 3.62. The summed E-state index contributed by atoms with van der Waals surface area (Å²) in [6.45, 7) is 3.66. The standard InChI is InChI=1S/C14H15N3O3/c1-9-15-14(17(16-9)11-4-5-18-7-11)10-2-3-12-13(6-10)20-8-19-12/h2-3,6,11H,4-5,7-8H2,1H3. The molecule has 0 spiro atoms. The van der Waals surface area contributed by atoms with Crippen LogP contribution < -0.4 is 9.47 Å². The minimum absolute atomic E-state index is 0.261. The van der Waals surface area contributed by atoms with Gasteiger partial charge in [0.25, 0.3) is 0 Å². The average Bonchev–Trinajstić information content (AvgIpc) is 3.17. The van der Waals surface area contributed by atoms with Crippen LogP contribution in [-0.4, -0.2) is 34.8 Å². The maximum absolute atomic E-state index is 5.45. The molecule has 1 saturated heterocycles. The van der Waals surface area contributed by atoms with E-state index in [9.17, 15) is 0 Å². The third kappa shape index (κ3) is 1.84. The molecule has 6 heteroatoms. The fraction of sp³-hybridized carbons (Fsp3) is 0.429. The van der Waals surface area contributed by atoms with E-state index in [0.717, 1.165) is 41.7 Å². The largest absolute Gasteiger partial charge is 0.454 e. The second-order valence-corrected chi connectivity index (χ2v) is 5.01. The molecular formula is C14H15N3O3. The molecular weight excluding hydrogens is 258 g/mol. The van der Waals surface area contributed by atoms with Crippen LogP contribution in [0.1, 0.15) is 18.3 Å². The SMILES string of the molecule is Cc1nc(-c2ccc3c(c2)OCO3)n(C2CCOC2)n1. The molecule has 0 N–H and O–H groups in total. The number of aromatic nitrogens is 3. The maximum Gasteiger partial charge on any atom is 0.231 e. The lowest BCUT2D eigenvalue weighted by Gasteiger charge is -2.11. The van der Waals surface area contributed by atoms with Crippen molar-refractivity contribution in [3.05, 3.63) is 24.0 Å². The van der Waals surface area contributed by atoms with E-state index in [0.29, 0.717) is 6.61 Å². The summed E-state index contributed by atoms with van der Waals surface area (Å²) in [6, 6.07) is 6.12. The predicted molar refractivity (Wildman–Crippen MR) is 70.8 cm³/mol. The van der Waals surface area contributed by atoms with Crippen molar-refractivity contribution in [2.24, 2.45) is 0 Å². The molecule has 0 saturated carbocycles. The molecule has 1 aromatic heterocycles. The molecule has 1 atom stereocenters. The molecule has 104 valence electrons. The first-order valence-electron chi connectivity index (χ1n) is 6.72. The van der Waals surface area contributed by atoms with Gasteiger partial charge in [-0.3, -0.25) is 0 Å². The van der Waals surface area contributed by atoms with Crippen molar-refractivity contribution in [3.63, 3.8) is 0 Å². The van der Waals surface area contributed by atoms with Crippen molar-refractivity contribution in [1.82, 2.24) is 14.8 Å². The minimum atomic E-state index is 0.261. The zero-order chi connectivity index (χ0) is 13.5. The first kappa shape index (κ1) is 11.7. The molecule has 0 aliphatic carbocycles. The zero-order valence-electron chi connectivity index (χ0n) is 11.2. The summed E-state index contributed by atoms with van der Waals surface area (Å²) >= 11 is 0. The van der Waals surface area contributed by atoms with E-state index in [1.54, 1.807) is 0 Å². The second kappa shape index (κ2) is 4.49. The van der Waals surface area contributed by atoms with Crippen LogP contribution in [0.2, 0.25) is 0 Å². The highest BCUT2D eigenvalue weighted by Crippen LogP contribution is 2.36. The normalized spacial score (nSPS) is 20.6. The number of fused-ring (bicyclic) bond motifs is 1. The fourth-order valence-electron chi connectivity index (χ4n) is 2.63. The highest BCUT2D eigenvalue weighted by atomic mass is 16.7. The van der Waals surface area contributed by atoms with Crippen LogP contribution in [0.15, 0.2) is 18.2 Å². The Kier molecular flexibility index (Phi) is 2.63. The third-order valence-electron chi connectivity index (χ3n) is 3.62. The lowest BCUT2D eigenvalue weighted by molar-refractivity contribution is 0.174. The monoisotopic (exact) mass is 273 g/mol. The molecule has 1 fully saturated rings. The Bertz CT molecular complexity index is 647. The number of rotatable bonds is 2. The summed E-state index contributed by atoms with van der Waals surface area (Å²) in [5.74, 6) is 3.17. The van der Waals surface area contributed by atoms with Crippen molar-refractivity contribution in [2.45, 2.75) is 19.4 Å². The van der Waals surface area contributed by atoms with E-state index in [1.165, 1.54) is 0 Å². The van der Waals surface area contributed by atoms with Gasteiger partial charge in [0.1, 0.15) is 5.82 Å². The van der Waals surface area contributed by atoms with Crippen LogP contribution in [0, 0.1) is 6.92 Å². The van der Waals surface area contributed by atoms with Gasteiger partial charge in [0, 0.05) is 12.2 Å².